The molecule has 2 nitrogen and oxygen atoms in total. The van der Waals surface area contributed by atoms with E-state index in [4.69, 9.17) is 0 Å². The van der Waals surface area contributed by atoms with Crippen LogP contribution in [0.4, 0.5) is 4.39 Å². The van der Waals surface area contributed by atoms with Gasteiger partial charge in [-0.15, -0.1) is 11.3 Å². The van der Waals surface area contributed by atoms with Gasteiger partial charge in [0.1, 0.15) is 5.82 Å². The number of halogens is 1. The highest BCUT2D eigenvalue weighted by atomic mass is 32.1. The third kappa shape index (κ3) is 3.19. The van der Waals surface area contributed by atoms with Gasteiger partial charge in [-0.3, -0.25) is 0 Å². The number of nitrogens with zero attached hydrogens (tertiary/aromatic N) is 1. The first-order valence-corrected chi connectivity index (χ1v) is 7.25. The van der Waals surface area contributed by atoms with Crippen molar-refractivity contribution in [3.05, 3.63) is 51.2 Å². The summed E-state index contributed by atoms with van der Waals surface area (Å²) in [7, 11) is 0. The molecule has 1 N–H and O–H groups in total. The highest BCUT2D eigenvalue weighted by Gasteiger charge is 2.17. The van der Waals surface area contributed by atoms with Gasteiger partial charge in [-0.2, -0.15) is 0 Å². The minimum Gasteiger partial charge on any atom is -0.302 e. The molecule has 0 saturated heterocycles. The number of aryl methyl sites for hydroxylation is 2. The van der Waals surface area contributed by atoms with E-state index < -0.39 is 0 Å². The fourth-order valence-electron chi connectivity index (χ4n) is 2.32. The van der Waals surface area contributed by atoms with E-state index in [1.807, 2.05) is 26.0 Å². The van der Waals surface area contributed by atoms with Crippen LogP contribution in [0, 0.1) is 19.7 Å². The van der Waals surface area contributed by atoms with Crippen molar-refractivity contribution in [2.24, 2.45) is 0 Å². The van der Waals surface area contributed by atoms with Gasteiger partial charge < -0.3 is 5.32 Å². The molecule has 0 saturated carbocycles. The van der Waals surface area contributed by atoms with E-state index in [1.165, 1.54) is 10.9 Å². The second kappa shape index (κ2) is 5.80. The molecule has 1 heterocycles. The topological polar surface area (TPSA) is 24.9 Å². The fourth-order valence-corrected chi connectivity index (χ4v) is 3.23. The van der Waals surface area contributed by atoms with E-state index in [2.05, 4.69) is 24.1 Å². The molecular weight excluding hydrogens is 259 g/mol. The second-order valence-corrected chi connectivity index (χ2v) is 6.21. The summed E-state index contributed by atoms with van der Waals surface area (Å²) in [4.78, 5) is 5.76. The molecule has 2 unspecified atom stereocenters. The van der Waals surface area contributed by atoms with Crippen molar-refractivity contribution >= 4 is 11.3 Å². The molecule has 0 aliphatic carbocycles. The first-order valence-electron chi connectivity index (χ1n) is 6.43. The van der Waals surface area contributed by atoms with E-state index in [1.54, 1.807) is 17.4 Å². The van der Waals surface area contributed by atoms with Crippen LogP contribution in [-0.4, -0.2) is 4.98 Å². The number of benzene rings is 1. The van der Waals surface area contributed by atoms with Gasteiger partial charge in [0.25, 0.3) is 0 Å². The first kappa shape index (κ1) is 14.2. The van der Waals surface area contributed by atoms with Gasteiger partial charge in [-0.25, -0.2) is 9.37 Å². The lowest BCUT2D eigenvalue weighted by Gasteiger charge is -2.20. The zero-order valence-corrected chi connectivity index (χ0v) is 12.5. The van der Waals surface area contributed by atoms with Crippen LogP contribution in [0.15, 0.2) is 24.3 Å². The van der Waals surface area contributed by atoms with Gasteiger partial charge in [0, 0.05) is 22.5 Å². The van der Waals surface area contributed by atoms with Crippen LogP contribution in [0.25, 0.3) is 0 Å². The minimum absolute atomic E-state index is 0.0439. The molecule has 2 atom stereocenters. The fraction of sp³-hybridized carbons (Fsp3) is 0.400. The molecule has 0 aliphatic heterocycles. The zero-order valence-electron chi connectivity index (χ0n) is 11.7. The molecule has 0 aliphatic rings. The Morgan fingerprint density at radius 3 is 2.42 bits per heavy atom. The van der Waals surface area contributed by atoms with Gasteiger partial charge in [0.05, 0.1) is 10.7 Å². The Balaban J connectivity index is 2.13. The van der Waals surface area contributed by atoms with Crippen molar-refractivity contribution in [1.82, 2.24) is 10.3 Å². The lowest BCUT2D eigenvalue weighted by molar-refractivity contribution is 0.467. The van der Waals surface area contributed by atoms with Crippen molar-refractivity contribution < 1.29 is 4.39 Å². The summed E-state index contributed by atoms with van der Waals surface area (Å²) in [6.07, 6.45) is 0. The predicted octanol–water partition coefficient (Wildman–Crippen LogP) is 4.31. The lowest BCUT2D eigenvalue weighted by atomic mass is 10.1. The van der Waals surface area contributed by atoms with Gasteiger partial charge in [-0.05, 0) is 33.8 Å². The summed E-state index contributed by atoms with van der Waals surface area (Å²) >= 11 is 1.70. The molecule has 2 rings (SSSR count). The number of hydrogen-bond acceptors (Lipinski definition) is 3. The maximum absolute atomic E-state index is 13.7. The first-order chi connectivity index (χ1) is 8.99. The summed E-state index contributed by atoms with van der Waals surface area (Å²) in [5.41, 5.74) is 1.75. The molecule has 0 fully saturated rings. The highest BCUT2D eigenvalue weighted by molar-refractivity contribution is 7.11. The molecule has 2 aromatic rings. The third-order valence-electron chi connectivity index (χ3n) is 3.22. The molecule has 0 amide bonds. The Morgan fingerprint density at radius 1 is 1.16 bits per heavy atom. The van der Waals surface area contributed by atoms with E-state index in [-0.39, 0.29) is 17.9 Å². The Labute approximate surface area is 117 Å². The van der Waals surface area contributed by atoms with Gasteiger partial charge in [-0.1, -0.05) is 18.2 Å². The van der Waals surface area contributed by atoms with Gasteiger partial charge in [0.2, 0.25) is 0 Å². The summed E-state index contributed by atoms with van der Waals surface area (Å²) in [5.74, 6) is -0.166. The Hall–Kier alpha value is -1.26. The molecular formula is C15H19FN2S. The highest BCUT2D eigenvalue weighted by Crippen LogP contribution is 2.25. The van der Waals surface area contributed by atoms with Crippen LogP contribution < -0.4 is 5.32 Å². The van der Waals surface area contributed by atoms with Crippen molar-refractivity contribution in [3.63, 3.8) is 0 Å². The molecule has 19 heavy (non-hydrogen) atoms. The van der Waals surface area contributed by atoms with Gasteiger partial charge >= 0.3 is 0 Å². The maximum Gasteiger partial charge on any atom is 0.127 e. The van der Waals surface area contributed by atoms with Crippen molar-refractivity contribution in [2.75, 3.05) is 0 Å². The van der Waals surface area contributed by atoms with E-state index in [9.17, 15) is 4.39 Å². The molecule has 4 heteroatoms. The largest absolute Gasteiger partial charge is 0.302 e. The van der Waals surface area contributed by atoms with Crippen LogP contribution in [0.2, 0.25) is 0 Å². The number of hydrogen-bond donors (Lipinski definition) is 1. The quantitative estimate of drug-likeness (QED) is 0.901. The Morgan fingerprint density at radius 2 is 1.84 bits per heavy atom. The van der Waals surface area contributed by atoms with E-state index >= 15 is 0 Å². The molecule has 1 aromatic heterocycles. The van der Waals surface area contributed by atoms with E-state index in [0.717, 1.165) is 10.7 Å². The summed E-state index contributed by atoms with van der Waals surface area (Å²) in [5, 5.41) is 4.48. The Kier molecular flexibility index (Phi) is 4.32. The smallest absolute Gasteiger partial charge is 0.127 e. The monoisotopic (exact) mass is 278 g/mol. The standard InChI is InChI=1S/C15H19FN2S/c1-9(13-7-5-6-8-14(13)16)17-10(2)15-11(3)19-12(4)18-15/h5-10,17H,1-4H3. The van der Waals surface area contributed by atoms with Crippen molar-refractivity contribution in [2.45, 2.75) is 39.8 Å². The summed E-state index contributed by atoms with van der Waals surface area (Å²) in [6, 6.07) is 6.95. The van der Waals surface area contributed by atoms with Crippen LogP contribution in [-0.2, 0) is 0 Å². The number of aromatic nitrogens is 1. The number of rotatable bonds is 4. The van der Waals surface area contributed by atoms with Crippen LogP contribution >= 0.6 is 11.3 Å². The molecule has 0 bridgehead atoms. The SMILES string of the molecule is Cc1nc(C(C)NC(C)c2ccccc2F)c(C)s1. The molecule has 0 radical (unpaired) electrons. The zero-order chi connectivity index (χ0) is 14.0. The number of nitrogens with one attached hydrogen (secondary N) is 1. The molecule has 1 aromatic carbocycles. The van der Waals surface area contributed by atoms with Crippen LogP contribution in [0.5, 0.6) is 0 Å². The number of thiazole rings is 1. The van der Waals surface area contributed by atoms with Crippen molar-refractivity contribution in [1.29, 1.82) is 0 Å². The maximum atomic E-state index is 13.7. The van der Waals surface area contributed by atoms with Crippen LogP contribution in [0.3, 0.4) is 0 Å². The van der Waals surface area contributed by atoms with Crippen LogP contribution in [0.1, 0.15) is 47.1 Å². The Bertz CT molecular complexity index is 565. The van der Waals surface area contributed by atoms with E-state index in [0.29, 0.717) is 5.56 Å². The minimum atomic E-state index is -0.166. The lowest BCUT2D eigenvalue weighted by Crippen LogP contribution is -2.24. The third-order valence-corrected chi connectivity index (χ3v) is 4.12. The molecule has 0 spiro atoms. The average molecular weight is 278 g/mol. The predicted molar refractivity (Wildman–Crippen MR) is 78.0 cm³/mol. The van der Waals surface area contributed by atoms with Crippen molar-refractivity contribution in [3.8, 4) is 0 Å². The van der Waals surface area contributed by atoms with Gasteiger partial charge in [0.15, 0.2) is 0 Å². The average Bonchev–Trinajstić information content (AvgIpc) is 2.69. The summed E-state index contributed by atoms with van der Waals surface area (Å²) < 4.78 is 13.7. The second-order valence-electron chi connectivity index (χ2n) is 4.81. The molecule has 102 valence electrons. The normalized spacial score (nSPS) is 14.4. The summed E-state index contributed by atoms with van der Waals surface area (Å²) in [6.45, 7) is 8.13.